The minimum atomic E-state index is -3.35. The van der Waals surface area contributed by atoms with Gasteiger partial charge in [-0.15, -0.1) is 0 Å². The number of benzene rings is 2. The summed E-state index contributed by atoms with van der Waals surface area (Å²) in [4.78, 5) is 28.0. The molecule has 2 fully saturated rings. The molecule has 0 radical (unpaired) electrons. The zero-order chi connectivity index (χ0) is 23.6. The molecule has 7 nitrogen and oxygen atoms in total. The highest BCUT2D eigenvalue weighted by atomic mass is 35.5. The Morgan fingerprint density at radius 2 is 1.73 bits per heavy atom. The Morgan fingerprint density at radius 3 is 2.39 bits per heavy atom. The summed E-state index contributed by atoms with van der Waals surface area (Å²) in [6, 6.07) is 10.4. The van der Waals surface area contributed by atoms with E-state index in [4.69, 9.17) is 16.3 Å². The van der Waals surface area contributed by atoms with E-state index in [1.54, 1.807) is 30.3 Å². The molecule has 1 unspecified atom stereocenters. The number of amides is 2. The number of likely N-dealkylation sites (tertiary alicyclic amines) is 1. The van der Waals surface area contributed by atoms with Crippen LogP contribution in [0.4, 0.5) is 5.69 Å². The van der Waals surface area contributed by atoms with Crippen LogP contribution in [0.3, 0.4) is 0 Å². The van der Waals surface area contributed by atoms with E-state index in [2.05, 4.69) is 5.32 Å². The first kappa shape index (κ1) is 23.6. The van der Waals surface area contributed by atoms with Crippen molar-refractivity contribution < 1.29 is 22.7 Å². The molecule has 1 heterocycles. The standard InChI is InChI=1S/C24H27ClN2O5S/c1-32-22-13-8-16(25)15-20(22)24(29)27-14-4-7-21(27)23(28)26-17-9-11-19(12-10-17)33(30,31)18-5-2-3-6-18/h8-13,15,18,21H,2-7,14H2,1H3,(H,26,28). The topological polar surface area (TPSA) is 92.8 Å². The minimum Gasteiger partial charge on any atom is -0.496 e. The van der Waals surface area contributed by atoms with E-state index in [9.17, 15) is 18.0 Å². The Kier molecular flexibility index (Phi) is 6.95. The number of hydrogen-bond donors (Lipinski definition) is 1. The first-order chi connectivity index (χ1) is 15.8. The van der Waals surface area contributed by atoms with Crippen LogP contribution in [0.5, 0.6) is 5.75 Å². The smallest absolute Gasteiger partial charge is 0.258 e. The van der Waals surface area contributed by atoms with Gasteiger partial charge in [-0.3, -0.25) is 9.59 Å². The maximum Gasteiger partial charge on any atom is 0.258 e. The fourth-order valence-electron chi connectivity index (χ4n) is 4.63. The van der Waals surface area contributed by atoms with Gasteiger partial charge in [0.25, 0.3) is 5.91 Å². The van der Waals surface area contributed by atoms with Crippen LogP contribution < -0.4 is 10.1 Å². The predicted octanol–water partition coefficient (Wildman–Crippen LogP) is 4.31. The molecule has 4 rings (SSSR count). The molecule has 1 aliphatic heterocycles. The number of carbonyl (C=O) groups excluding carboxylic acids is 2. The van der Waals surface area contributed by atoms with E-state index in [0.29, 0.717) is 54.3 Å². The van der Waals surface area contributed by atoms with Gasteiger partial charge in [0.15, 0.2) is 9.84 Å². The van der Waals surface area contributed by atoms with Crippen molar-refractivity contribution in [2.75, 3.05) is 19.0 Å². The molecule has 1 aliphatic carbocycles. The van der Waals surface area contributed by atoms with E-state index in [1.807, 2.05) is 0 Å². The third kappa shape index (κ3) is 4.87. The van der Waals surface area contributed by atoms with Gasteiger partial charge in [0.05, 0.1) is 22.8 Å². The van der Waals surface area contributed by atoms with Gasteiger partial charge in [0.2, 0.25) is 5.91 Å². The SMILES string of the molecule is COc1ccc(Cl)cc1C(=O)N1CCCC1C(=O)Nc1ccc(S(=O)(=O)C2CCCC2)cc1. The van der Waals surface area contributed by atoms with E-state index in [-0.39, 0.29) is 22.0 Å². The minimum absolute atomic E-state index is 0.276. The third-order valence-electron chi connectivity index (χ3n) is 6.40. The van der Waals surface area contributed by atoms with Gasteiger partial charge in [0.1, 0.15) is 11.8 Å². The normalized spacial score (nSPS) is 19.0. The molecule has 176 valence electrons. The van der Waals surface area contributed by atoms with Crippen molar-refractivity contribution in [3.63, 3.8) is 0 Å². The maximum atomic E-state index is 13.2. The average molecular weight is 491 g/mol. The van der Waals surface area contributed by atoms with Gasteiger partial charge in [-0.25, -0.2) is 8.42 Å². The fraction of sp³-hybridized carbons (Fsp3) is 0.417. The molecule has 1 saturated heterocycles. The largest absolute Gasteiger partial charge is 0.496 e. The second kappa shape index (κ2) is 9.73. The summed E-state index contributed by atoms with van der Waals surface area (Å²) in [5.41, 5.74) is 0.802. The lowest BCUT2D eigenvalue weighted by atomic mass is 10.1. The summed E-state index contributed by atoms with van der Waals surface area (Å²) in [5, 5.41) is 2.91. The monoisotopic (exact) mass is 490 g/mol. The summed E-state index contributed by atoms with van der Waals surface area (Å²) in [5.74, 6) is -0.229. The second-order valence-corrected chi connectivity index (χ2v) is 11.1. The Bertz CT molecular complexity index is 1140. The van der Waals surface area contributed by atoms with Crippen molar-refractivity contribution in [3.8, 4) is 5.75 Å². The molecule has 2 aliphatic rings. The van der Waals surface area contributed by atoms with Gasteiger partial charge >= 0.3 is 0 Å². The van der Waals surface area contributed by atoms with Crippen LogP contribution in [0.2, 0.25) is 5.02 Å². The molecule has 0 aromatic heterocycles. The molecule has 1 atom stereocenters. The van der Waals surface area contributed by atoms with Gasteiger partial charge in [0, 0.05) is 17.3 Å². The quantitative estimate of drug-likeness (QED) is 0.651. The molecule has 9 heteroatoms. The van der Waals surface area contributed by atoms with Crippen LogP contribution in [0.1, 0.15) is 48.9 Å². The summed E-state index contributed by atoms with van der Waals surface area (Å²) in [6.07, 6.45) is 4.51. The number of nitrogens with zero attached hydrogens (tertiary/aromatic N) is 1. The summed E-state index contributed by atoms with van der Waals surface area (Å²) in [6.45, 7) is 0.450. The second-order valence-electron chi connectivity index (χ2n) is 8.47. The number of hydrogen-bond acceptors (Lipinski definition) is 5. The van der Waals surface area contributed by atoms with Crippen molar-refractivity contribution in [2.45, 2.75) is 54.7 Å². The molecular formula is C24H27ClN2O5S. The highest BCUT2D eigenvalue weighted by Gasteiger charge is 2.36. The van der Waals surface area contributed by atoms with Crippen LogP contribution in [0.15, 0.2) is 47.4 Å². The summed E-state index contributed by atoms with van der Waals surface area (Å²) in [7, 11) is -1.87. The molecule has 33 heavy (non-hydrogen) atoms. The Labute approximate surface area is 199 Å². The average Bonchev–Trinajstić information content (AvgIpc) is 3.51. The number of nitrogens with one attached hydrogen (secondary N) is 1. The first-order valence-corrected chi connectivity index (χ1v) is 13.0. The highest BCUT2D eigenvalue weighted by molar-refractivity contribution is 7.92. The van der Waals surface area contributed by atoms with Gasteiger partial charge in [-0.2, -0.15) is 0 Å². The zero-order valence-electron chi connectivity index (χ0n) is 18.4. The van der Waals surface area contributed by atoms with Gasteiger partial charge in [-0.05, 0) is 68.1 Å². The summed E-state index contributed by atoms with van der Waals surface area (Å²) < 4.78 is 30.8. The Hall–Kier alpha value is -2.58. The van der Waals surface area contributed by atoms with E-state index in [0.717, 1.165) is 12.8 Å². The fourth-order valence-corrected chi connectivity index (χ4v) is 6.66. The van der Waals surface area contributed by atoms with Crippen molar-refractivity contribution in [3.05, 3.63) is 53.1 Å². The Morgan fingerprint density at radius 1 is 1.03 bits per heavy atom. The van der Waals surface area contributed by atoms with Crippen molar-refractivity contribution in [2.24, 2.45) is 0 Å². The molecule has 2 aromatic rings. The Balaban J connectivity index is 1.47. The molecular weight excluding hydrogens is 464 g/mol. The highest BCUT2D eigenvalue weighted by Crippen LogP contribution is 2.31. The predicted molar refractivity (Wildman–Crippen MR) is 127 cm³/mol. The molecule has 1 N–H and O–H groups in total. The molecule has 2 amide bonds. The van der Waals surface area contributed by atoms with Crippen LogP contribution in [-0.4, -0.2) is 50.1 Å². The van der Waals surface area contributed by atoms with E-state index < -0.39 is 15.9 Å². The lowest BCUT2D eigenvalue weighted by Gasteiger charge is -2.25. The summed E-state index contributed by atoms with van der Waals surface area (Å²) >= 11 is 6.07. The van der Waals surface area contributed by atoms with Crippen molar-refractivity contribution in [1.82, 2.24) is 4.90 Å². The first-order valence-electron chi connectivity index (χ1n) is 11.1. The number of halogens is 1. The molecule has 0 bridgehead atoms. The third-order valence-corrected chi connectivity index (χ3v) is 8.91. The van der Waals surface area contributed by atoms with E-state index in [1.165, 1.54) is 24.1 Å². The maximum absolute atomic E-state index is 13.2. The number of ether oxygens (including phenoxy) is 1. The van der Waals surface area contributed by atoms with Crippen LogP contribution in [-0.2, 0) is 14.6 Å². The molecule has 0 spiro atoms. The number of sulfone groups is 1. The van der Waals surface area contributed by atoms with Crippen molar-refractivity contribution in [1.29, 1.82) is 0 Å². The number of rotatable bonds is 6. The van der Waals surface area contributed by atoms with Crippen LogP contribution >= 0.6 is 11.6 Å². The lowest BCUT2D eigenvalue weighted by Crippen LogP contribution is -2.43. The lowest BCUT2D eigenvalue weighted by molar-refractivity contribution is -0.119. The van der Waals surface area contributed by atoms with Crippen LogP contribution in [0, 0.1) is 0 Å². The number of carbonyl (C=O) groups is 2. The van der Waals surface area contributed by atoms with Gasteiger partial charge < -0.3 is 15.0 Å². The molecule has 1 saturated carbocycles. The number of anilines is 1. The van der Waals surface area contributed by atoms with Crippen LogP contribution in [0.25, 0.3) is 0 Å². The zero-order valence-corrected chi connectivity index (χ0v) is 20.0. The van der Waals surface area contributed by atoms with E-state index >= 15 is 0 Å². The van der Waals surface area contributed by atoms with Gasteiger partial charge in [-0.1, -0.05) is 24.4 Å². The van der Waals surface area contributed by atoms with Crippen molar-refractivity contribution >= 4 is 38.9 Å². The number of methoxy groups -OCH3 is 1. The molecule has 2 aromatic carbocycles.